The molecule has 0 aliphatic carbocycles. The summed E-state index contributed by atoms with van der Waals surface area (Å²) in [4.78, 5) is 11.7. The van der Waals surface area contributed by atoms with E-state index in [0.29, 0.717) is 17.2 Å². The van der Waals surface area contributed by atoms with E-state index in [1.54, 1.807) is 6.92 Å². The molecule has 1 aromatic carbocycles. The molecule has 4 heteroatoms. The second-order valence-electron chi connectivity index (χ2n) is 6.86. The van der Waals surface area contributed by atoms with E-state index in [1.807, 2.05) is 12.1 Å². The fraction of sp³-hybridized carbons (Fsp3) is 0.588. The summed E-state index contributed by atoms with van der Waals surface area (Å²) in [5, 5.41) is 9.36. The van der Waals surface area contributed by atoms with E-state index in [2.05, 4.69) is 34.6 Å². The van der Waals surface area contributed by atoms with Crippen LogP contribution >= 0.6 is 0 Å². The SMILES string of the molecule is CC(O)COc1cc(C(C)C)c(C(C)(C)C)cc1C(N)=O. The number of aliphatic hydroxyl groups excluding tert-OH is 1. The highest BCUT2D eigenvalue weighted by molar-refractivity contribution is 5.96. The van der Waals surface area contributed by atoms with Crippen LogP contribution in [0.3, 0.4) is 0 Å². The van der Waals surface area contributed by atoms with Gasteiger partial charge in [0.25, 0.3) is 5.91 Å². The number of hydrogen-bond acceptors (Lipinski definition) is 3. The Morgan fingerprint density at radius 1 is 1.29 bits per heavy atom. The first-order chi connectivity index (χ1) is 9.54. The predicted molar refractivity (Wildman–Crippen MR) is 84.9 cm³/mol. The van der Waals surface area contributed by atoms with Gasteiger partial charge in [0, 0.05) is 0 Å². The van der Waals surface area contributed by atoms with Crippen LogP contribution in [0.5, 0.6) is 5.75 Å². The van der Waals surface area contributed by atoms with E-state index in [0.717, 1.165) is 11.1 Å². The second kappa shape index (κ2) is 6.48. The Kier molecular flexibility index (Phi) is 5.40. The van der Waals surface area contributed by atoms with Crippen molar-refractivity contribution in [2.75, 3.05) is 6.61 Å². The largest absolute Gasteiger partial charge is 0.490 e. The number of amides is 1. The van der Waals surface area contributed by atoms with Gasteiger partial charge in [-0.05, 0) is 41.5 Å². The van der Waals surface area contributed by atoms with Gasteiger partial charge in [-0.2, -0.15) is 0 Å². The zero-order valence-electron chi connectivity index (χ0n) is 13.9. The molecule has 0 radical (unpaired) electrons. The third-order valence-corrected chi connectivity index (χ3v) is 3.33. The molecular weight excluding hydrogens is 266 g/mol. The lowest BCUT2D eigenvalue weighted by Crippen LogP contribution is -2.21. The second-order valence-corrected chi connectivity index (χ2v) is 6.86. The van der Waals surface area contributed by atoms with Gasteiger partial charge in [0.1, 0.15) is 12.4 Å². The molecule has 0 spiro atoms. The van der Waals surface area contributed by atoms with Crippen molar-refractivity contribution < 1.29 is 14.6 Å². The Labute approximate surface area is 127 Å². The summed E-state index contributed by atoms with van der Waals surface area (Å²) in [5.41, 5.74) is 7.98. The molecule has 0 aliphatic rings. The maximum Gasteiger partial charge on any atom is 0.252 e. The monoisotopic (exact) mass is 293 g/mol. The normalized spacial score (nSPS) is 13.3. The molecule has 0 saturated heterocycles. The van der Waals surface area contributed by atoms with E-state index < -0.39 is 12.0 Å². The first kappa shape index (κ1) is 17.5. The molecule has 4 nitrogen and oxygen atoms in total. The minimum atomic E-state index is -0.601. The molecule has 1 rings (SSSR count). The van der Waals surface area contributed by atoms with Crippen LogP contribution in [0.4, 0.5) is 0 Å². The number of nitrogens with two attached hydrogens (primary N) is 1. The van der Waals surface area contributed by atoms with Crippen molar-refractivity contribution in [3.63, 3.8) is 0 Å². The summed E-state index contributed by atoms with van der Waals surface area (Å²) in [6, 6.07) is 3.71. The smallest absolute Gasteiger partial charge is 0.252 e. The summed E-state index contributed by atoms with van der Waals surface area (Å²) in [6.45, 7) is 12.3. The van der Waals surface area contributed by atoms with Gasteiger partial charge in [-0.1, -0.05) is 34.6 Å². The number of rotatable bonds is 5. The maximum atomic E-state index is 11.7. The quantitative estimate of drug-likeness (QED) is 0.876. The van der Waals surface area contributed by atoms with Gasteiger partial charge in [-0.3, -0.25) is 4.79 Å². The number of primary amides is 1. The molecule has 1 aromatic rings. The standard InChI is InChI=1S/C17H27NO3/c1-10(2)12-8-15(21-9-11(3)19)13(16(18)20)7-14(12)17(4,5)6/h7-8,10-11,19H,9H2,1-6H3,(H2,18,20). The number of ether oxygens (including phenoxy) is 1. The lowest BCUT2D eigenvalue weighted by molar-refractivity contribution is 0.0982. The van der Waals surface area contributed by atoms with Gasteiger partial charge in [0.15, 0.2) is 0 Å². The number of aliphatic hydroxyl groups is 1. The highest BCUT2D eigenvalue weighted by atomic mass is 16.5. The lowest BCUT2D eigenvalue weighted by Gasteiger charge is -2.26. The van der Waals surface area contributed by atoms with E-state index in [-0.39, 0.29) is 12.0 Å². The van der Waals surface area contributed by atoms with Crippen LogP contribution in [-0.2, 0) is 5.41 Å². The fourth-order valence-electron chi connectivity index (χ4n) is 2.25. The third kappa shape index (κ3) is 4.46. The molecule has 3 N–H and O–H groups in total. The first-order valence-corrected chi connectivity index (χ1v) is 7.33. The third-order valence-electron chi connectivity index (χ3n) is 3.33. The van der Waals surface area contributed by atoms with Crippen LogP contribution in [0.25, 0.3) is 0 Å². The van der Waals surface area contributed by atoms with Crippen LogP contribution < -0.4 is 10.5 Å². The molecule has 0 aromatic heterocycles. The summed E-state index contributed by atoms with van der Waals surface area (Å²) in [7, 11) is 0. The van der Waals surface area contributed by atoms with Gasteiger partial charge in [-0.25, -0.2) is 0 Å². The average molecular weight is 293 g/mol. The zero-order chi connectivity index (χ0) is 16.4. The molecule has 0 aliphatic heterocycles. The number of carbonyl (C=O) groups excluding carboxylic acids is 1. The van der Waals surface area contributed by atoms with Crippen LogP contribution in [0.15, 0.2) is 12.1 Å². The van der Waals surface area contributed by atoms with E-state index in [1.165, 1.54) is 0 Å². The topological polar surface area (TPSA) is 72.6 Å². The van der Waals surface area contributed by atoms with Crippen LogP contribution in [0, 0.1) is 0 Å². The molecule has 0 heterocycles. The minimum absolute atomic E-state index is 0.0907. The maximum absolute atomic E-state index is 11.7. The molecule has 1 amide bonds. The zero-order valence-corrected chi connectivity index (χ0v) is 13.9. The van der Waals surface area contributed by atoms with Crippen molar-refractivity contribution in [1.29, 1.82) is 0 Å². The summed E-state index contributed by atoms with van der Waals surface area (Å²) < 4.78 is 5.57. The molecule has 0 fully saturated rings. The van der Waals surface area contributed by atoms with E-state index in [9.17, 15) is 9.90 Å². The van der Waals surface area contributed by atoms with E-state index in [4.69, 9.17) is 10.5 Å². The Hall–Kier alpha value is -1.55. The molecule has 1 atom stereocenters. The lowest BCUT2D eigenvalue weighted by atomic mass is 9.79. The minimum Gasteiger partial charge on any atom is -0.490 e. The first-order valence-electron chi connectivity index (χ1n) is 7.33. The van der Waals surface area contributed by atoms with Crippen molar-refractivity contribution in [1.82, 2.24) is 0 Å². The summed E-state index contributed by atoms with van der Waals surface area (Å²) in [5.74, 6) is 0.228. The van der Waals surface area contributed by atoms with Gasteiger partial charge >= 0.3 is 0 Å². The predicted octanol–water partition coefficient (Wildman–Crippen LogP) is 2.97. The molecule has 0 bridgehead atoms. The van der Waals surface area contributed by atoms with Crippen molar-refractivity contribution >= 4 is 5.91 Å². The summed E-state index contributed by atoms with van der Waals surface area (Å²) >= 11 is 0. The Morgan fingerprint density at radius 3 is 2.24 bits per heavy atom. The molecule has 118 valence electrons. The van der Waals surface area contributed by atoms with E-state index >= 15 is 0 Å². The Morgan fingerprint density at radius 2 is 1.86 bits per heavy atom. The average Bonchev–Trinajstić information content (AvgIpc) is 2.33. The van der Waals surface area contributed by atoms with Crippen LogP contribution in [0.1, 0.15) is 68.9 Å². The van der Waals surface area contributed by atoms with Gasteiger partial charge in [0.2, 0.25) is 0 Å². The number of benzene rings is 1. The number of carbonyl (C=O) groups is 1. The van der Waals surface area contributed by atoms with Gasteiger partial charge < -0.3 is 15.6 Å². The molecule has 1 unspecified atom stereocenters. The number of hydrogen-bond donors (Lipinski definition) is 2. The van der Waals surface area contributed by atoms with Crippen LogP contribution in [0.2, 0.25) is 0 Å². The van der Waals surface area contributed by atoms with Crippen molar-refractivity contribution in [2.24, 2.45) is 5.73 Å². The fourth-order valence-corrected chi connectivity index (χ4v) is 2.25. The van der Waals surface area contributed by atoms with Crippen LogP contribution in [-0.4, -0.2) is 23.7 Å². The Bertz CT molecular complexity index is 514. The Balaban J connectivity index is 3.44. The van der Waals surface area contributed by atoms with Crippen molar-refractivity contribution in [3.8, 4) is 5.75 Å². The molecular formula is C17H27NO3. The highest BCUT2D eigenvalue weighted by Gasteiger charge is 2.24. The summed E-state index contributed by atoms with van der Waals surface area (Å²) in [6.07, 6.45) is -0.601. The van der Waals surface area contributed by atoms with Gasteiger partial charge in [-0.15, -0.1) is 0 Å². The van der Waals surface area contributed by atoms with Gasteiger partial charge in [0.05, 0.1) is 11.7 Å². The highest BCUT2D eigenvalue weighted by Crippen LogP contribution is 2.35. The molecule has 0 saturated carbocycles. The van der Waals surface area contributed by atoms with Crippen molar-refractivity contribution in [3.05, 3.63) is 28.8 Å². The van der Waals surface area contributed by atoms with Crippen molar-refractivity contribution in [2.45, 2.75) is 59.0 Å². The molecule has 21 heavy (non-hydrogen) atoms.